The molecule has 1 aliphatic heterocycles. The summed E-state index contributed by atoms with van der Waals surface area (Å²) in [6.45, 7) is 7.74. The van der Waals surface area contributed by atoms with Crippen molar-refractivity contribution in [3.05, 3.63) is 0 Å². The lowest BCUT2D eigenvalue weighted by Crippen LogP contribution is -2.44. The van der Waals surface area contributed by atoms with Crippen LogP contribution < -0.4 is 11.1 Å². The highest BCUT2D eigenvalue weighted by Crippen LogP contribution is 2.16. The molecule has 1 heterocycles. The van der Waals surface area contributed by atoms with Crippen LogP contribution in [0.3, 0.4) is 0 Å². The van der Waals surface area contributed by atoms with Crippen LogP contribution in [0.25, 0.3) is 0 Å². The van der Waals surface area contributed by atoms with E-state index in [0.717, 1.165) is 25.9 Å². The van der Waals surface area contributed by atoms with Crippen LogP contribution in [0.15, 0.2) is 0 Å². The van der Waals surface area contributed by atoms with E-state index in [1.54, 1.807) is 0 Å². The number of nitrogens with zero attached hydrogens (tertiary/aromatic N) is 1. The molecule has 18 heavy (non-hydrogen) atoms. The molecule has 0 unspecified atom stereocenters. The molecular weight excluding hydrogens is 232 g/mol. The first kappa shape index (κ1) is 14.6. The van der Waals surface area contributed by atoms with Crippen LogP contribution in [0.2, 0.25) is 0 Å². The number of nitrogens with two attached hydrogens (primary N) is 1. The first-order valence-corrected chi connectivity index (χ1v) is 6.34. The second-order valence-electron chi connectivity index (χ2n) is 5.70. The van der Waals surface area contributed by atoms with Gasteiger partial charge in [-0.25, -0.2) is 4.79 Å². The number of guanidine groups is 1. The first-order valence-electron chi connectivity index (χ1n) is 6.34. The zero-order valence-corrected chi connectivity index (χ0v) is 11.5. The molecule has 0 aliphatic carbocycles. The van der Waals surface area contributed by atoms with E-state index in [1.165, 1.54) is 0 Å². The number of rotatable bonds is 2. The summed E-state index contributed by atoms with van der Waals surface area (Å²) in [4.78, 5) is 13.3. The maximum Gasteiger partial charge on any atom is 0.407 e. The normalized spacial score (nSPS) is 17.4. The van der Waals surface area contributed by atoms with Gasteiger partial charge >= 0.3 is 6.09 Å². The Labute approximate surface area is 108 Å². The highest BCUT2D eigenvalue weighted by Gasteiger charge is 2.21. The Morgan fingerprint density at radius 2 is 2.00 bits per heavy atom. The standard InChI is InChI=1S/C12H24N4O2/c1-12(2,3)18-11(17)15-8-9-4-6-16(7-5-9)10(13)14/h9H,4-8H2,1-3H3,(H3,13,14)(H,15,17). The maximum atomic E-state index is 11.5. The second-order valence-corrected chi connectivity index (χ2v) is 5.70. The lowest BCUT2D eigenvalue weighted by atomic mass is 9.97. The zero-order valence-electron chi connectivity index (χ0n) is 11.5. The Hall–Kier alpha value is -1.46. The third kappa shape index (κ3) is 5.25. The molecule has 104 valence electrons. The highest BCUT2D eigenvalue weighted by molar-refractivity contribution is 5.74. The topological polar surface area (TPSA) is 91.4 Å². The van der Waals surface area contributed by atoms with Gasteiger partial charge < -0.3 is 20.7 Å². The number of likely N-dealkylation sites (tertiary alicyclic amines) is 1. The van der Waals surface area contributed by atoms with Gasteiger partial charge in [0.05, 0.1) is 0 Å². The molecule has 4 N–H and O–H groups in total. The van der Waals surface area contributed by atoms with Crippen LogP contribution in [-0.4, -0.2) is 42.2 Å². The van der Waals surface area contributed by atoms with Gasteiger partial charge in [0.25, 0.3) is 0 Å². The van der Waals surface area contributed by atoms with E-state index in [2.05, 4.69) is 5.32 Å². The molecule has 0 atom stereocenters. The minimum Gasteiger partial charge on any atom is -0.444 e. The van der Waals surface area contributed by atoms with Crippen molar-refractivity contribution < 1.29 is 9.53 Å². The van der Waals surface area contributed by atoms with E-state index in [9.17, 15) is 4.79 Å². The Balaban J connectivity index is 2.22. The van der Waals surface area contributed by atoms with Crippen molar-refractivity contribution in [2.45, 2.75) is 39.2 Å². The molecule has 1 aliphatic rings. The van der Waals surface area contributed by atoms with Gasteiger partial charge in [-0.2, -0.15) is 0 Å². The van der Waals surface area contributed by atoms with Gasteiger partial charge in [0.15, 0.2) is 5.96 Å². The van der Waals surface area contributed by atoms with Gasteiger partial charge in [-0.3, -0.25) is 5.41 Å². The van der Waals surface area contributed by atoms with Crippen LogP contribution in [-0.2, 0) is 4.74 Å². The van der Waals surface area contributed by atoms with Crippen LogP contribution in [0.1, 0.15) is 33.6 Å². The Bertz CT molecular complexity index is 304. The molecule has 6 nitrogen and oxygen atoms in total. The van der Waals surface area contributed by atoms with Crippen molar-refractivity contribution in [2.75, 3.05) is 19.6 Å². The summed E-state index contributed by atoms with van der Waals surface area (Å²) in [6.07, 6.45) is 1.52. The molecule has 1 saturated heterocycles. The van der Waals surface area contributed by atoms with Gasteiger partial charge in [-0.1, -0.05) is 0 Å². The lowest BCUT2D eigenvalue weighted by molar-refractivity contribution is 0.0513. The molecule has 0 aromatic rings. The fourth-order valence-corrected chi connectivity index (χ4v) is 1.92. The van der Waals surface area contributed by atoms with Gasteiger partial charge in [0, 0.05) is 19.6 Å². The molecule has 1 fully saturated rings. The summed E-state index contributed by atoms with van der Waals surface area (Å²) in [5.41, 5.74) is 4.97. The van der Waals surface area contributed by atoms with Gasteiger partial charge in [0.1, 0.15) is 5.60 Å². The predicted octanol–water partition coefficient (Wildman–Crippen LogP) is 1.12. The van der Waals surface area contributed by atoms with Crippen molar-refractivity contribution in [1.29, 1.82) is 5.41 Å². The largest absolute Gasteiger partial charge is 0.444 e. The van der Waals surface area contributed by atoms with Gasteiger partial charge in [0.2, 0.25) is 0 Å². The summed E-state index contributed by atoms with van der Waals surface area (Å²) < 4.78 is 5.17. The van der Waals surface area contributed by atoms with Crippen LogP contribution in [0, 0.1) is 11.3 Å². The Morgan fingerprint density at radius 1 is 1.44 bits per heavy atom. The number of hydrogen-bond acceptors (Lipinski definition) is 3. The molecule has 0 bridgehead atoms. The summed E-state index contributed by atoms with van der Waals surface area (Å²) in [5, 5.41) is 10.1. The number of carbonyl (C=O) groups is 1. The summed E-state index contributed by atoms with van der Waals surface area (Å²) in [7, 11) is 0. The summed E-state index contributed by atoms with van der Waals surface area (Å²) in [5.74, 6) is 0.571. The number of carbonyl (C=O) groups excluding carboxylic acids is 1. The summed E-state index contributed by atoms with van der Waals surface area (Å²) >= 11 is 0. The van der Waals surface area contributed by atoms with E-state index in [1.807, 2.05) is 25.7 Å². The van der Waals surface area contributed by atoms with E-state index < -0.39 is 5.60 Å². The fourth-order valence-electron chi connectivity index (χ4n) is 1.92. The number of amides is 1. The average molecular weight is 256 g/mol. The third-order valence-electron chi connectivity index (χ3n) is 2.89. The Kier molecular flexibility index (Phi) is 4.81. The lowest BCUT2D eigenvalue weighted by Gasteiger charge is -2.32. The van der Waals surface area contributed by atoms with Crippen molar-refractivity contribution in [1.82, 2.24) is 10.2 Å². The minimum atomic E-state index is -0.456. The number of ether oxygens (including phenoxy) is 1. The molecule has 0 radical (unpaired) electrons. The van der Waals surface area contributed by atoms with Gasteiger partial charge in [-0.15, -0.1) is 0 Å². The highest BCUT2D eigenvalue weighted by atomic mass is 16.6. The molecule has 0 aromatic heterocycles. The van der Waals surface area contributed by atoms with Crippen LogP contribution in [0.5, 0.6) is 0 Å². The monoisotopic (exact) mass is 256 g/mol. The van der Waals surface area contributed by atoms with Crippen molar-refractivity contribution in [3.8, 4) is 0 Å². The summed E-state index contributed by atoms with van der Waals surface area (Å²) in [6, 6.07) is 0. The van der Waals surface area contributed by atoms with E-state index in [4.69, 9.17) is 15.9 Å². The zero-order chi connectivity index (χ0) is 13.8. The van der Waals surface area contributed by atoms with Crippen molar-refractivity contribution >= 4 is 12.1 Å². The van der Waals surface area contributed by atoms with Crippen LogP contribution in [0.4, 0.5) is 4.79 Å². The molecule has 1 amide bonds. The average Bonchev–Trinajstić information content (AvgIpc) is 2.24. The smallest absolute Gasteiger partial charge is 0.407 e. The number of nitrogens with one attached hydrogen (secondary N) is 2. The first-order chi connectivity index (χ1) is 8.28. The van der Waals surface area contributed by atoms with E-state index >= 15 is 0 Å². The third-order valence-corrected chi connectivity index (χ3v) is 2.89. The quantitative estimate of drug-likeness (QED) is 0.510. The Morgan fingerprint density at radius 3 is 2.44 bits per heavy atom. The molecule has 6 heteroatoms. The SMILES string of the molecule is CC(C)(C)OC(=O)NCC1CCN(C(=N)N)CC1. The molecule has 0 spiro atoms. The molecule has 0 saturated carbocycles. The predicted molar refractivity (Wildman–Crippen MR) is 70.4 cm³/mol. The maximum absolute atomic E-state index is 11.5. The molecule has 0 aromatic carbocycles. The van der Waals surface area contributed by atoms with Crippen molar-refractivity contribution in [2.24, 2.45) is 11.7 Å². The fraction of sp³-hybridized carbons (Fsp3) is 0.833. The van der Waals surface area contributed by atoms with Gasteiger partial charge in [-0.05, 0) is 39.5 Å². The second kappa shape index (κ2) is 5.93. The van der Waals surface area contributed by atoms with E-state index in [-0.39, 0.29) is 12.1 Å². The van der Waals surface area contributed by atoms with Crippen molar-refractivity contribution in [3.63, 3.8) is 0 Å². The minimum absolute atomic E-state index is 0.133. The number of piperidine rings is 1. The number of alkyl carbamates (subject to hydrolysis) is 1. The van der Waals surface area contributed by atoms with E-state index in [0.29, 0.717) is 12.5 Å². The number of hydrogen-bond donors (Lipinski definition) is 3. The molecule has 1 rings (SSSR count). The van der Waals surface area contributed by atoms with Crippen LogP contribution >= 0.6 is 0 Å². The molecular formula is C12H24N4O2.